The number of para-hydroxylation sites is 2. The second-order valence-electron chi connectivity index (χ2n) is 11.1. The van der Waals surface area contributed by atoms with Crippen LogP contribution in [0, 0.1) is 0 Å². The van der Waals surface area contributed by atoms with Gasteiger partial charge >= 0.3 is 0 Å². The molecule has 0 bridgehead atoms. The first-order valence-corrected chi connectivity index (χ1v) is 15.5. The predicted molar refractivity (Wildman–Crippen MR) is 188 cm³/mol. The lowest BCUT2D eigenvalue weighted by Crippen LogP contribution is -1.95. The van der Waals surface area contributed by atoms with E-state index >= 15 is 0 Å². The quantitative estimate of drug-likeness (QED) is 0.0689. The summed E-state index contributed by atoms with van der Waals surface area (Å²) in [7, 11) is 0. The second kappa shape index (κ2) is 12.7. The van der Waals surface area contributed by atoms with Gasteiger partial charge in [-0.1, -0.05) is 91.0 Å². The van der Waals surface area contributed by atoms with Crippen molar-refractivity contribution >= 4 is 61.5 Å². The molecule has 2 heterocycles. The Bertz CT molecular complexity index is 2080. The third-order valence-electron chi connectivity index (χ3n) is 8.38. The normalized spacial score (nSPS) is 12.0. The maximum Gasteiger partial charge on any atom is 0.122 e. The maximum atomic E-state index is 5.44. The lowest BCUT2D eigenvalue weighted by molar-refractivity contribution is -0.305. The van der Waals surface area contributed by atoms with Crippen molar-refractivity contribution in [2.24, 2.45) is 5.16 Å². The number of fused-ring (bicyclic) bond motifs is 6. The Hall–Kier alpha value is -5.39. The summed E-state index contributed by atoms with van der Waals surface area (Å²) in [5.41, 5.74) is 8.80. The van der Waals surface area contributed by atoms with Gasteiger partial charge in [-0.15, -0.1) is 0 Å². The minimum absolute atomic E-state index is 0.307. The van der Waals surface area contributed by atoms with Crippen molar-refractivity contribution in [1.82, 2.24) is 9.13 Å². The summed E-state index contributed by atoms with van der Waals surface area (Å²) in [6.07, 6.45) is 8.06. The summed E-state index contributed by atoms with van der Waals surface area (Å²) >= 11 is 0. The molecule has 2 aromatic heterocycles. The Morgan fingerprint density at radius 3 is 1.60 bits per heavy atom. The van der Waals surface area contributed by atoms with E-state index in [0.29, 0.717) is 12.3 Å². The number of benzene rings is 5. The molecule has 0 radical (unpaired) electrons. The third-order valence-corrected chi connectivity index (χ3v) is 8.38. The number of nitrogens with zero attached hydrogens (tertiary/aromatic N) is 3. The molecule has 0 saturated heterocycles. The molecule has 5 aromatic carbocycles. The number of aromatic nitrogens is 2. The van der Waals surface area contributed by atoms with Crippen LogP contribution in [0.5, 0.6) is 0 Å². The van der Waals surface area contributed by atoms with Crippen LogP contribution in [-0.2, 0) is 29.6 Å². The minimum atomic E-state index is 0.307. The first kappa shape index (κ1) is 28.4. The molecule has 0 aliphatic heterocycles. The van der Waals surface area contributed by atoms with E-state index in [1.165, 1.54) is 43.6 Å². The minimum Gasteiger partial charge on any atom is -0.341 e. The molecule has 0 aliphatic carbocycles. The van der Waals surface area contributed by atoms with E-state index < -0.39 is 0 Å². The second-order valence-corrected chi connectivity index (χ2v) is 11.1. The van der Waals surface area contributed by atoms with Crippen molar-refractivity contribution < 1.29 is 9.88 Å². The van der Waals surface area contributed by atoms with Gasteiger partial charge in [-0.2, -0.15) is 4.89 Å². The Morgan fingerprint density at radius 2 is 1.07 bits per heavy atom. The highest BCUT2D eigenvalue weighted by Gasteiger charge is 2.10. The van der Waals surface area contributed by atoms with Crippen LogP contribution in [0.3, 0.4) is 0 Å². The summed E-state index contributed by atoms with van der Waals surface area (Å²) in [4.78, 5) is 10.8. The molecule has 0 amide bonds. The standard InChI is InChI=1S/C40H35N3O2/c1-3-42-37-16-10-8-14-33(37)35-26-29(20-24-39(35)42)18-22-32(41-45-44-28-31-12-6-5-7-13-31)23-19-30-21-25-40-36(27-30)34-15-9-11-17-38(34)43(40)4-2/h5-27H,3-4,28H2,1-2H3/b22-18+,23-19+. The zero-order valence-corrected chi connectivity index (χ0v) is 25.6. The molecule has 0 spiro atoms. The Morgan fingerprint density at radius 1 is 0.578 bits per heavy atom. The molecular formula is C40H35N3O2. The van der Waals surface area contributed by atoms with Gasteiger partial charge in [-0.3, -0.25) is 0 Å². The molecule has 0 N–H and O–H groups in total. The number of allylic oxidation sites excluding steroid dienone is 2. The number of aryl methyl sites for hydroxylation is 2. The van der Waals surface area contributed by atoms with E-state index in [0.717, 1.165) is 29.8 Å². The molecule has 0 unspecified atom stereocenters. The van der Waals surface area contributed by atoms with E-state index in [2.05, 4.69) is 125 Å². The van der Waals surface area contributed by atoms with E-state index in [1.54, 1.807) is 0 Å². The van der Waals surface area contributed by atoms with Crippen LogP contribution < -0.4 is 0 Å². The van der Waals surface area contributed by atoms with Crippen LogP contribution in [0.25, 0.3) is 55.8 Å². The number of hydrogen-bond acceptors (Lipinski definition) is 3. The first-order chi connectivity index (χ1) is 22.2. The average Bonchev–Trinajstić information content (AvgIpc) is 3.59. The fourth-order valence-electron chi connectivity index (χ4n) is 6.25. The lowest BCUT2D eigenvalue weighted by Gasteiger charge is -2.03. The van der Waals surface area contributed by atoms with Crippen molar-refractivity contribution in [3.05, 3.63) is 144 Å². The van der Waals surface area contributed by atoms with Crippen LogP contribution in [0.2, 0.25) is 0 Å². The van der Waals surface area contributed by atoms with Gasteiger partial charge in [0, 0.05) is 56.7 Å². The smallest absolute Gasteiger partial charge is 0.122 e. The summed E-state index contributed by atoms with van der Waals surface area (Å²) in [5.74, 6) is 0. The highest BCUT2D eigenvalue weighted by atomic mass is 17.3. The lowest BCUT2D eigenvalue weighted by atomic mass is 10.1. The molecule has 7 aromatic rings. The van der Waals surface area contributed by atoms with E-state index in [9.17, 15) is 0 Å². The predicted octanol–water partition coefficient (Wildman–Crippen LogP) is 10.2. The van der Waals surface area contributed by atoms with Gasteiger partial charge in [0.1, 0.15) is 12.3 Å². The van der Waals surface area contributed by atoms with E-state index in [-0.39, 0.29) is 0 Å². The molecule has 7 rings (SSSR count). The fourth-order valence-corrected chi connectivity index (χ4v) is 6.25. The Balaban J connectivity index is 1.20. The summed E-state index contributed by atoms with van der Waals surface area (Å²) in [5, 5.41) is 9.34. The number of oxime groups is 1. The van der Waals surface area contributed by atoms with E-state index in [1.807, 2.05) is 42.5 Å². The molecule has 5 nitrogen and oxygen atoms in total. The van der Waals surface area contributed by atoms with Gasteiger partial charge in [0.25, 0.3) is 0 Å². The monoisotopic (exact) mass is 589 g/mol. The molecule has 222 valence electrons. The highest BCUT2D eigenvalue weighted by molar-refractivity contribution is 6.11. The molecule has 0 saturated carbocycles. The first-order valence-electron chi connectivity index (χ1n) is 15.5. The summed E-state index contributed by atoms with van der Waals surface area (Å²) in [6.45, 7) is 6.53. The summed E-state index contributed by atoms with van der Waals surface area (Å²) in [6, 6.07) is 40.3. The topological polar surface area (TPSA) is 40.7 Å². The molecule has 5 heteroatoms. The van der Waals surface area contributed by atoms with Gasteiger partial charge < -0.3 is 9.13 Å². The number of rotatable bonds is 10. The van der Waals surface area contributed by atoms with Gasteiger partial charge in [-0.05, 0) is 84.2 Å². The van der Waals surface area contributed by atoms with Crippen molar-refractivity contribution in [2.45, 2.75) is 33.5 Å². The van der Waals surface area contributed by atoms with Crippen LogP contribution >= 0.6 is 0 Å². The molecule has 0 atom stereocenters. The number of hydrogen-bond donors (Lipinski definition) is 0. The van der Waals surface area contributed by atoms with Crippen LogP contribution in [0.1, 0.15) is 30.5 Å². The van der Waals surface area contributed by atoms with Crippen LogP contribution in [-0.4, -0.2) is 14.8 Å². The molecule has 0 fully saturated rings. The maximum absolute atomic E-state index is 5.44. The Labute approximate surface area is 262 Å². The van der Waals surface area contributed by atoms with Gasteiger partial charge in [0.15, 0.2) is 0 Å². The van der Waals surface area contributed by atoms with Crippen molar-refractivity contribution in [3.63, 3.8) is 0 Å². The van der Waals surface area contributed by atoms with Crippen LogP contribution in [0.4, 0.5) is 0 Å². The Kier molecular flexibility index (Phi) is 8.00. The molecular weight excluding hydrogens is 554 g/mol. The highest BCUT2D eigenvalue weighted by Crippen LogP contribution is 2.31. The zero-order valence-electron chi connectivity index (χ0n) is 25.6. The average molecular weight is 590 g/mol. The zero-order chi connectivity index (χ0) is 30.6. The van der Waals surface area contributed by atoms with Crippen molar-refractivity contribution in [2.75, 3.05) is 0 Å². The summed E-state index contributed by atoms with van der Waals surface area (Å²) < 4.78 is 4.72. The van der Waals surface area contributed by atoms with Crippen LogP contribution in [0.15, 0.2) is 133 Å². The SMILES string of the molecule is CCn1c2ccccc2c2cc(/C=C/C(/C=C/c3ccc4c(c3)c3ccccc3n4CC)=NOOCc3ccccc3)ccc21. The third kappa shape index (κ3) is 5.66. The molecule has 45 heavy (non-hydrogen) atoms. The van der Waals surface area contributed by atoms with Crippen molar-refractivity contribution in [3.8, 4) is 0 Å². The largest absolute Gasteiger partial charge is 0.341 e. The van der Waals surface area contributed by atoms with Crippen molar-refractivity contribution in [1.29, 1.82) is 0 Å². The van der Waals surface area contributed by atoms with Gasteiger partial charge in [0.2, 0.25) is 0 Å². The van der Waals surface area contributed by atoms with Gasteiger partial charge in [0.05, 0.1) is 0 Å². The van der Waals surface area contributed by atoms with E-state index in [4.69, 9.17) is 9.88 Å². The molecule has 0 aliphatic rings. The fraction of sp³-hybridized carbons (Fsp3) is 0.125. The van der Waals surface area contributed by atoms with Gasteiger partial charge in [-0.25, -0.2) is 4.99 Å².